The fourth-order valence-electron chi connectivity index (χ4n) is 4.44. The van der Waals surface area contributed by atoms with Gasteiger partial charge < -0.3 is 20.3 Å². The van der Waals surface area contributed by atoms with Gasteiger partial charge in [-0.15, -0.1) is 0 Å². The average molecular weight is 371 g/mol. The molecular formula is C22H34N4O. The zero-order valence-corrected chi connectivity index (χ0v) is 16.6. The number of hydrogen-bond donors (Lipinski definition) is 2. The van der Waals surface area contributed by atoms with Crippen molar-refractivity contribution in [2.45, 2.75) is 50.6 Å². The van der Waals surface area contributed by atoms with Crippen molar-refractivity contribution in [3.05, 3.63) is 35.9 Å². The van der Waals surface area contributed by atoms with E-state index >= 15 is 0 Å². The third kappa shape index (κ3) is 5.23. The second-order valence-corrected chi connectivity index (χ2v) is 8.28. The average Bonchev–Trinajstić information content (AvgIpc) is 3.27. The summed E-state index contributed by atoms with van der Waals surface area (Å²) in [6.07, 6.45) is 4.84. The Morgan fingerprint density at radius 2 is 1.96 bits per heavy atom. The Morgan fingerprint density at radius 3 is 2.67 bits per heavy atom. The van der Waals surface area contributed by atoms with E-state index in [0.29, 0.717) is 18.0 Å². The maximum Gasteiger partial charge on any atom is 0.191 e. The first kappa shape index (κ1) is 18.8. The number of likely N-dealkylation sites (tertiary alicyclic amines) is 1. The zero-order chi connectivity index (χ0) is 18.5. The standard InChI is InChI=1S/C22H34N4O/c1-2-23-22(25-21-14-20(21)18-6-4-3-5-7-18)24-19-8-11-26(12-9-19)15-17-10-13-27-16-17/h3-7,17,19-21H,2,8-16H2,1H3,(H2,23,24,25). The van der Waals surface area contributed by atoms with Crippen molar-refractivity contribution < 1.29 is 4.74 Å². The lowest BCUT2D eigenvalue weighted by Crippen LogP contribution is -2.50. The molecule has 0 radical (unpaired) electrons. The van der Waals surface area contributed by atoms with Gasteiger partial charge in [-0.05, 0) is 44.1 Å². The highest BCUT2D eigenvalue weighted by molar-refractivity contribution is 5.81. The van der Waals surface area contributed by atoms with E-state index in [-0.39, 0.29) is 0 Å². The molecule has 3 unspecified atom stereocenters. The first-order chi connectivity index (χ1) is 13.3. The first-order valence-electron chi connectivity index (χ1n) is 10.7. The van der Waals surface area contributed by atoms with Crippen LogP contribution in [0.1, 0.15) is 44.1 Å². The van der Waals surface area contributed by atoms with Gasteiger partial charge in [-0.1, -0.05) is 30.3 Å². The highest BCUT2D eigenvalue weighted by atomic mass is 16.5. The molecule has 3 fully saturated rings. The Morgan fingerprint density at radius 1 is 1.15 bits per heavy atom. The molecule has 0 aromatic heterocycles. The van der Waals surface area contributed by atoms with E-state index in [1.165, 1.54) is 50.9 Å². The molecule has 2 aliphatic heterocycles. The summed E-state index contributed by atoms with van der Waals surface area (Å²) in [6.45, 7) is 8.42. The number of aliphatic imine (C=N–C) groups is 1. The lowest BCUT2D eigenvalue weighted by atomic mass is 10.0. The van der Waals surface area contributed by atoms with Crippen LogP contribution in [-0.2, 0) is 4.74 Å². The van der Waals surface area contributed by atoms with Crippen molar-refractivity contribution in [3.8, 4) is 0 Å². The smallest absolute Gasteiger partial charge is 0.191 e. The molecule has 1 aromatic carbocycles. The topological polar surface area (TPSA) is 48.9 Å². The fraction of sp³-hybridized carbons (Fsp3) is 0.682. The fourth-order valence-corrected chi connectivity index (χ4v) is 4.44. The molecule has 1 aromatic rings. The van der Waals surface area contributed by atoms with Gasteiger partial charge in [0.2, 0.25) is 0 Å². The molecule has 1 saturated carbocycles. The van der Waals surface area contributed by atoms with Crippen LogP contribution in [0, 0.1) is 5.92 Å². The van der Waals surface area contributed by atoms with Crippen LogP contribution in [0.4, 0.5) is 0 Å². The van der Waals surface area contributed by atoms with E-state index in [0.717, 1.165) is 31.6 Å². The number of guanidine groups is 1. The molecular weight excluding hydrogens is 336 g/mol. The molecule has 4 rings (SSSR count). The Balaban J connectivity index is 1.22. The zero-order valence-electron chi connectivity index (χ0n) is 16.6. The van der Waals surface area contributed by atoms with E-state index in [9.17, 15) is 0 Å². The number of hydrogen-bond acceptors (Lipinski definition) is 3. The Kier molecular flexibility index (Phi) is 6.30. The molecule has 3 aliphatic rings. The van der Waals surface area contributed by atoms with E-state index in [1.807, 2.05) is 0 Å². The summed E-state index contributed by atoms with van der Waals surface area (Å²) in [5.74, 6) is 2.38. The van der Waals surface area contributed by atoms with Gasteiger partial charge in [-0.2, -0.15) is 0 Å². The highest BCUT2D eigenvalue weighted by Gasteiger charge is 2.39. The number of piperidine rings is 1. The van der Waals surface area contributed by atoms with Crippen LogP contribution in [-0.4, -0.2) is 62.3 Å². The second kappa shape index (κ2) is 9.07. The van der Waals surface area contributed by atoms with Crippen molar-refractivity contribution in [2.24, 2.45) is 10.9 Å². The predicted molar refractivity (Wildman–Crippen MR) is 110 cm³/mol. The minimum Gasteiger partial charge on any atom is -0.381 e. The van der Waals surface area contributed by atoms with Gasteiger partial charge in [0.25, 0.3) is 0 Å². The third-order valence-electron chi connectivity index (χ3n) is 6.13. The monoisotopic (exact) mass is 370 g/mol. The number of ether oxygens (including phenoxy) is 1. The molecule has 5 nitrogen and oxygen atoms in total. The highest BCUT2D eigenvalue weighted by Crippen LogP contribution is 2.40. The van der Waals surface area contributed by atoms with Crippen LogP contribution in [0.5, 0.6) is 0 Å². The molecule has 2 N–H and O–H groups in total. The summed E-state index contributed by atoms with van der Waals surface area (Å²) in [4.78, 5) is 7.31. The normalized spacial score (nSPS) is 29.7. The largest absolute Gasteiger partial charge is 0.381 e. The molecule has 2 saturated heterocycles. The molecule has 0 bridgehead atoms. The minimum atomic E-state index is 0.521. The van der Waals surface area contributed by atoms with E-state index < -0.39 is 0 Å². The van der Waals surface area contributed by atoms with Crippen molar-refractivity contribution in [2.75, 3.05) is 39.4 Å². The molecule has 3 atom stereocenters. The summed E-state index contributed by atoms with van der Waals surface area (Å²) in [5.41, 5.74) is 1.44. The molecule has 2 heterocycles. The van der Waals surface area contributed by atoms with Gasteiger partial charge >= 0.3 is 0 Å². The van der Waals surface area contributed by atoms with Gasteiger partial charge in [0.1, 0.15) is 0 Å². The summed E-state index contributed by atoms with van der Waals surface area (Å²) in [7, 11) is 0. The lowest BCUT2D eigenvalue weighted by Gasteiger charge is -2.34. The van der Waals surface area contributed by atoms with Crippen molar-refractivity contribution in [1.82, 2.24) is 15.5 Å². The van der Waals surface area contributed by atoms with E-state index in [1.54, 1.807) is 0 Å². The van der Waals surface area contributed by atoms with Gasteiger partial charge in [-0.25, -0.2) is 0 Å². The predicted octanol–water partition coefficient (Wildman–Crippen LogP) is 2.60. The molecule has 1 aliphatic carbocycles. The van der Waals surface area contributed by atoms with Gasteiger partial charge in [-0.3, -0.25) is 4.99 Å². The minimum absolute atomic E-state index is 0.521. The quantitative estimate of drug-likeness (QED) is 0.597. The molecule has 0 amide bonds. The maximum absolute atomic E-state index is 5.52. The summed E-state index contributed by atoms with van der Waals surface area (Å²) < 4.78 is 5.52. The van der Waals surface area contributed by atoms with Crippen LogP contribution in [0.25, 0.3) is 0 Å². The van der Waals surface area contributed by atoms with E-state index in [4.69, 9.17) is 9.73 Å². The van der Waals surface area contributed by atoms with Crippen LogP contribution in [0.3, 0.4) is 0 Å². The van der Waals surface area contributed by atoms with Crippen molar-refractivity contribution in [1.29, 1.82) is 0 Å². The molecule has 0 spiro atoms. The van der Waals surface area contributed by atoms with Crippen LogP contribution in [0.2, 0.25) is 0 Å². The van der Waals surface area contributed by atoms with Gasteiger partial charge in [0, 0.05) is 50.8 Å². The second-order valence-electron chi connectivity index (χ2n) is 8.28. The van der Waals surface area contributed by atoms with Crippen molar-refractivity contribution >= 4 is 5.96 Å². The number of rotatable bonds is 6. The summed E-state index contributed by atoms with van der Waals surface area (Å²) in [6, 6.07) is 11.9. The van der Waals surface area contributed by atoms with Crippen LogP contribution >= 0.6 is 0 Å². The SMILES string of the molecule is CCN=C(NC1CCN(CC2CCOC2)CC1)NC1CC1c1ccccc1. The third-order valence-corrected chi connectivity index (χ3v) is 6.13. The number of nitrogens with zero attached hydrogens (tertiary/aromatic N) is 2. The van der Waals surface area contributed by atoms with E-state index in [2.05, 4.69) is 52.8 Å². The Hall–Kier alpha value is -1.59. The molecule has 148 valence electrons. The van der Waals surface area contributed by atoms with Crippen LogP contribution in [0.15, 0.2) is 35.3 Å². The molecule has 27 heavy (non-hydrogen) atoms. The number of nitrogens with one attached hydrogen (secondary N) is 2. The van der Waals surface area contributed by atoms with Crippen LogP contribution < -0.4 is 10.6 Å². The first-order valence-corrected chi connectivity index (χ1v) is 10.7. The Bertz CT molecular complexity index is 606. The maximum atomic E-state index is 5.52. The lowest BCUT2D eigenvalue weighted by molar-refractivity contribution is 0.150. The number of benzene rings is 1. The van der Waals surface area contributed by atoms with Gasteiger partial charge in [0.05, 0.1) is 6.61 Å². The Labute approximate surface area is 163 Å². The summed E-state index contributed by atoms with van der Waals surface area (Å²) in [5, 5.41) is 7.37. The summed E-state index contributed by atoms with van der Waals surface area (Å²) >= 11 is 0. The van der Waals surface area contributed by atoms with Gasteiger partial charge in [0.15, 0.2) is 5.96 Å². The van der Waals surface area contributed by atoms with Crippen molar-refractivity contribution in [3.63, 3.8) is 0 Å². The molecule has 5 heteroatoms.